The Hall–Kier alpha value is -3.56. The molecule has 0 spiro atoms. The Balaban J connectivity index is 1.55. The van der Waals surface area contributed by atoms with Gasteiger partial charge >= 0.3 is 13.2 Å². The summed E-state index contributed by atoms with van der Waals surface area (Å²) in [5, 5.41) is 16.8. The average Bonchev–Trinajstić information content (AvgIpc) is 3.43. The molecule has 2 heterocycles. The fourth-order valence-corrected chi connectivity index (χ4v) is 3.55. The van der Waals surface area contributed by atoms with Crippen LogP contribution in [0.15, 0.2) is 70.8 Å². The third-order valence-electron chi connectivity index (χ3n) is 6.28. The molecule has 0 atom stereocenters. The third-order valence-corrected chi connectivity index (χ3v) is 6.28. The van der Waals surface area contributed by atoms with E-state index in [1.165, 1.54) is 6.20 Å². The minimum absolute atomic E-state index is 0.0682. The molecule has 2 aromatic carbocycles. The molecule has 3 aromatic rings. The zero-order chi connectivity index (χ0) is 25.1. The van der Waals surface area contributed by atoms with E-state index in [1.807, 2.05) is 64.1 Å². The number of phenols is 1. The van der Waals surface area contributed by atoms with Crippen molar-refractivity contribution in [1.29, 1.82) is 0 Å². The van der Waals surface area contributed by atoms with Gasteiger partial charge < -0.3 is 29.0 Å². The number of hydrogen-bond acceptors (Lipinski definition) is 7. The van der Waals surface area contributed by atoms with Crippen molar-refractivity contribution in [1.82, 2.24) is 10.5 Å². The maximum absolute atomic E-state index is 12.4. The minimum atomic E-state index is -0.683. The first-order valence-electron chi connectivity index (χ1n) is 11.4. The lowest BCUT2D eigenvalue weighted by Crippen LogP contribution is -2.41. The number of phenolic OH excluding ortho intramolecular Hbond substituents is 1. The molecule has 35 heavy (non-hydrogen) atoms. The Bertz CT molecular complexity index is 1180. The lowest BCUT2D eigenvalue weighted by molar-refractivity contribution is 0.00578. The SMILES string of the molecule is CC1(C)OB(C(=Cc2ccc(O)c(-c3ccno3)c2)CNC(=O)OCc2ccccc2)OC1(C)C. The summed E-state index contributed by atoms with van der Waals surface area (Å²) in [4.78, 5) is 12.4. The Kier molecular flexibility index (Phi) is 7.00. The number of hydrogen-bond donors (Lipinski definition) is 2. The molecule has 182 valence electrons. The van der Waals surface area contributed by atoms with E-state index >= 15 is 0 Å². The summed E-state index contributed by atoms with van der Waals surface area (Å²) in [6.07, 6.45) is 2.82. The molecule has 0 unspecified atom stereocenters. The summed E-state index contributed by atoms with van der Waals surface area (Å²) in [6, 6.07) is 16.2. The number of aromatic hydroxyl groups is 1. The highest BCUT2D eigenvalue weighted by molar-refractivity contribution is 6.56. The summed E-state index contributed by atoms with van der Waals surface area (Å²) < 4.78 is 23.0. The lowest BCUT2D eigenvalue weighted by atomic mass is 9.77. The fraction of sp³-hybridized carbons (Fsp3) is 0.308. The van der Waals surface area contributed by atoms with Crippen molar-refractivity contribution in [2.24, 2.45) is 0 Å². The molecular formula is C26H29BN2O6. The molecule has 1 aromatic heterocycles. The largest absolute Gasteiger partial charge is 0.507 e. The number of ether oxygens (including phenoxy) is 1. The van der Waals surface area contributed by atoms with E-state index < -0.39 is 24.4 Å². The Morgan fingerprint density at radius 2 is 1.80 bits per heavy atom. The predicted molar refractivity (Wildman–Crippen MR) is 132 cm³/mol. The van der Waals surface area contributed by atoms with E-state index in [1.54, 1.807) is 24.3 Å². The second-order valence-electron chi connectivity index (χ2n) is 9.38. The van der Waals surface area contributed by atoms with Gasteiger partial charge in [0, 0.05) is 12.6 Å². The van der Waals surface area contributed by atoms with Gasteiger partial charge in [-0.25, -0.2) is 4.79 Å². The van der Waals surface area contributed by atoms with Gasteiger partial charge in [-0.05, 0) is 56.4 Å². The smallest absolute Gasteiger partial charge is 0.492 e. The number of benzene rings is 2. The summed E-state index contributed by atoms with van der Waals surface area (Å²) in [5.74, 6) is 0.510. The topological polar surface area (TPSA) is 103 Å². The summed E-state index contributed by atoms with van der Waals surface area (Å²) >= 11 is 0. The molecule has 2 N–H and O–H groups in total. The highest BCUT2D eigenvalue weighted by Gasteiger charge is 2.52. The van der Waals surface area contributed by atoms with Crippen LogP contribution < -0.4 is 5.32 Å². The van der Waals surface area contributed by atoms with Crippen LogP contribution in [0.5, 0.6) is 5.75 Å². The van der Waals surface area contributed by atoms with Crippen LogP contribution in [0.3, 0.4) is 0 Å². The molecule has 9 heteroatoms. The standard InChI is InChI=1S/C26H29BN2O6/c1-25(2)26(3,4)35-27(34-25)20(16-28-24(31)32-17-18-8-6-5-7-9-18)14-19-10-11-22(30)21(15-19)23-12-13-29-33-23/h5-15,30H,16-17H2,1-4H3,(H,28,31). The normalized spacial score (nSPS) is 16.8. The molecule has 1 aliphatic heterocycles. The molecule has 8 nitrogen and oxygen atoms in total. The minimum Gasteiger partial charge on any atom is -0.507 e. The zero-order valence-corrected chi connectivity index (χ0v) is 20.3. The van der Waals surface area contributed by atoms with Crippen LogP contribution in [-0.2, 0) is 20.7 Å². The highest BCUT2D eigenvalue weighted by Crippen LogP contribution is 2.39. The maximum atomic E-state index is 12.4. The van der Waals surface area contributed by atoms with Crippen molar-refractivity contribution in [3.05, 3.63) is 77.4 Å². The van der Waals surface area contributed by atoms with Crippen molar-refractivity contribution in [3.63, 3.8) is 0 Å². The molecule has 4 rings (SSSR count). The van der Waals surface area contributed by atoms with Crippen LogP contribution in [0.2, 0.25) is 0 Å². The van der Waals surface area contributed by atoms with Crippen LogP contribution in [0.4, 0.5) is 4.79 Å². The zero-order valence-electron chi connectivity index (χ0n) is 20.3. The van der Waals surface area contributed by atoms with Crippen molar-refractivity contribution in [3.8, 4) is 17.1 Å². The molecule has 0 saturated carbocycles. The van der Waals surface area contributed by atoms with E-state index in [4.69, 9.17) is 18.6 Å². The van der Waals surface area contributed by atoms with Crippen molar-refractivity contribution in [2.45, 2.75) is 45.5 Å². The monoisotopic (exact) mass is 476 g/mol. The van der Waals surface area contributed by atoms with Crippen LogP contribution in [0.1, 0.15) is 38.8 Å². The average molecular weight is 476 g/mol. The van der Waals surface area contributed by atoms with Crippen molar-refractivity contribution >= 4 is 19.3 Å². The number of alkyl carbamates (subject to hydrolysis) is 1. The van der Waals surface area contributed by atoms with Gasteiger partial charge in [-0.2, -0.15) is 0 Å². The first-order valence-corrected chi connectivity index (χ1v) is 11.4. The molecule has 0 aliphatic carbocycles. The summed E-state index contributed by atoms with van der Waals surface area (Å²) in [5.41, 5.74) is 1.75. The van der Waals surface area contributed by atoms with Crippen LogP contribution in [-0.4, -0.2) is 41.2 Å². The van der Waals surface area contributed by atoms with Crippen molar-refractivity contribution < 1.29 is 28.5 Å². The molecular weight excluding hydrogens is 447 g/mol. The van der Waals surface area contributed by atoms with E-state index in [2.05, 4.69) is 10.5 Å². The van der Waals surface area contributed by atoms with Crippen LogP contribution in [0, 0.1) is 0 Å². The molecule has 1 saturated heterocycles. The molecule has 0 radical (unpaired) electrons. The van der Waals surface area contributed by atoms with Gasteiger partial charge in [0.05, 0.1) is 23.0 Å². The quantitative estimate of drug-likeness (QED) is 0.463. The Morgan fingerprint density at radius 1 is 1.09 bits per heavy atom. The van der Waals surface area contributed by atoms with Crippen LogP contribution >= 0.6 is 0 Å². The number of amides is 1. The number of nitrogens with one attached hydrogen (secondary N) is 1. The van der Waals surface area contributed by atoms with Gasteiger partial charge in [-0.1, -0.05) is 47.6 Å². The number of nitrogens with zero attached hydrogens (tertiary/aromatic N) is 1. The molecule has 1 amide bonds. The lowest BCUT2D eigenvalue weighted by Gasteiger charge is -2.32. The third kappa shape index (κ3) is 5.75. The summed E-state index contributed by atoms with van der Waals surface area (Å²) in [6.45, 7) is 8.18. The van der Waals surface area contributed by atoms with Gasteiger partial charge in [-0.3, -0.25) is 0 Å². The van der Waals surface area contributed by atoms with Gasteiger partial charge in [0.25, 0.3) is 0 Å². The Labute approximate surface area is 205 Å². The second kappa shape index (κ2) is 9.97. The number of carbonyl (C=O) groups excluding carboxylic acids is 1. The van der Waals surface area contributed by atoms with Gasteiger partial charge in [-0.15, -0.1) is 0 Å². The van der Waals surface area contributed by atoms with Crippen LogP contribution in [0.25, 0.3) is 17.4 Å². The Morgan fingerprint density at radius 3 is 2.46 bits per heavy atom. The van der Waals surface area contributed by atoms with Crippen molar-refractivity contribution in [2.75, 3.05) is 6.54 Å². The highest BCUT2D eigenvalue weighted by atomic mass is 16.7. The van der Waals surface area contributed by atoms with E-state index in [-0.39, 0.29) is 18.9 Å². The predicted octanol–water partition coefficient (Wildman–Crippen LogP) is 4.99. The number of carbonyl (C=O) groups is 1. The molecule has 0 bridgehead atoms. The maximum Gasteiger partial charge on any atom is 0.492 e. The molecule has 1 aliphatic rings. The van der Waals surface area contributed by atoms with Gasteiger partial charge in [0.2, 0.25) is 0 Å². The van der Waals surface area contributed by atoms with E-state index in [9.17, 15) is 9.90 Å². The fourth-order valence-electron chi connectivity index (χ4n) is 3.55. The van der Waals surface area contributed by atoms with E-state index in [0.717, 1.165) is 11.1 Å². The first kappa shape index (κ1) is 24.6. The van der Waals surface area contributed by atoms with Gasteiger partial charge in [0.1, 0.15) is 12.4 Å². The number of rotatable bonds is 7. The first-order chi connectivity index (χ1) is 16.6. The number of aromatic nitrogens is 1. The van der Waals surface area contributed by atoms with E-state index in [0.29, 0.717) is 16.8 Å². The second-order valence-corrected chi connectivity index (χ2v) is 9.38. The molecule has 1 fully saturated rings. The van der Waals surface area contributed by atoms with Gasteiger partial charge in [0.15, 0.2) is 5.76 Å². The summed E-state index contributed by atoms with van der Waals surface area (Å²) in [7, 11) is -0.683.